The van der Waals surface area contributed by atoms with Crippen molar-refractivity contribution in [1.82, 2.24) is 5.32 Å². The zero-order chi connectivity index (χ0) is 17.9. The van der Waals surface area contributed by atoms with Gasteiger partial charge in [0.25, 0.3) is 5.91 Å². The van der Waals surface area contributed by atoms with Gasteiger partial charge in [-0.3, -0.25) is 9.59 Å². The Morgan fingerprint density at radius 1 is 1.23 bits per heavy atom. The van der Waals surface area contributed by atoms with Gasteiger partial charge in [0.2, 0.25) is 5.91 Å². The Morgan fingerprint density at radius 2 is 2.15 bits per heavy atom. The average molecular weight is 353 g/mol. The van der Waals surface area contributed by atoms with Crippen molar-refractivity contribution in [3.05, 3.63) is 35.4 Å². The van der Waals surface area contributed by atoms with Gasteiger partial charge >= 0.3 is 0 Å². The van der Waals surface area contributed by atoms with E-state index < -0.39 is 0 Å². The van der Waals surface area contributed by atoms with Crippen LogP contribution in [0.25, 0.3) is 0 Å². The van der Waals surface area contributed by atoms with Crippen LogP contribution in [0.4, 0.5) is 11.4 Å². The van der Waals surface area contributed by atoms with Crippen molar-refractivity contribution in [1.29, 1.82) is 0 Å². The van der Waals surface area contributed by atoms with Gasteiger partial charge in [-0.05, 0) is 69.6 Å². The Bertz CT molecular complexity index is 741. The maximum Gasteiger partial charge on any atom is 0.251 e. The number of carbonyl (C=O) groups excluding carboxylic acids is 2. The van der Waals surface area contributed by atoms with Crippen molar-refractivity contribution in [2.75, 3.05) is 23.3 Å². The largest absolute Gasteiger partial charge is 0.358 e. The molecule has 1 aromatic rings. The van der Waals surface area contributed by atoms with Gasteiger partial charge in [0, 0.05) is 18.7 Å². The molecule has 1 fully saturated rings. The van der Waals surface area contributed by atoms with E-state index in [1.807, 2.05) is 18.2 Å². The van der Waals surface area contributed by atoms with E-state index in [0.717, 1.165) is 50.0 Å². The summed E-state index contributed by atoms with van der Waals surface area (Å²) >= 11 is 0. The molecule has 0 spiro atoms. The van der Waals surface area contributed by atoms with Gasteiger partial charge < -0.3 is 15.5 Å². The third-order valence-electron chi connectivity index (χ3n) is 5.75. The lowest BCUT2D eigenvalue weighted by Crippen LogP contribution is -2.50. The quantitative estimate of drug-likeness (QED) is 0.813. The number of nitrogens with one attached hydrogen (secondary N) is 2. The molecular weight excluding hydrogens is 326 g/mol. The maximum atomic E-state index is 12.5. The van der Waals surface area contributed by atoms with E-state index in [1.165, 1.54) is 24.8 Å². The summed E-state index contributed by atoms with van der Waals surface area (Å²) in [5.41, 5.74) is 3.87. The van der Waals surface area contributed by atoms with Crippen molar-refractivity contribution in [2.45, 2.75) is 57.4 Å². The van der Waals surface area contributed by atoms with E-state index in [-0.39, 0.29) is 17.9 Å². The number of fused-ring (bicyclic) bond motifs is 3. The molecule has 1 atom stereocenters. The van der Waals surface area contributed by atoms with E-state index in [2.05, 4.69) is 21.6 Å². The van der Waals surface area contributed by atoms with E-state index >= 15 is 0 Å². The van der Waals surface area contributed by atoms with Crippen LogP contribution in [0.5, 0.6) is 0 Å². The third-order valence-corrected chi connectivity index (χ3v) is 5.75. The fourth-order valence-corrected chi connectivity index (χ4v) is 4.31. The molecule has 2 N–H and O–H groups in total. The van der Waals surface area contributed by atoms with Crippen molar-refractivity contribution >= 4 is 23.2 Å². The number of carbonyl (C=O) groups is 2. The standard InChI is InChI=1S/C21H27N3O2/c25-20(22-12-11-15-6-2-1-3-7-15)16-9-10-18-17(14-16)23-21(26)19-8-4-5-13-24(18)19/h6,9-10,14,19H,1-5,7-8,11-13H2,(H,22,25)(H,23,26)/t19-/m1/s1. The highest BCUT2D eigenvalue weighted by Gasteiger charge is 2.34. The number of hydrogen-bond donors (Lipinski definition) is 2. The number of anilines is 2. The van der Waals surface area contributed by atoms with Crippen LogP contribution in [0.2, 0.25) is 0 Å². The SMILES string of the molecule is O=C(NCCC1=CCCCC1)c1ccc2c(c1)NC(=O)[C@H]1CCCCN21. The van der Waals surface area contributed by atoms with Crippen LogP contribution in [0.15, 0.2) is 29.8 Å². The Kier molecular flexibility index (Phi) is 4.96. The molecule has 0 saturated carbocycles. The topological polar surface area (TPSA) is 61.4 Å². The number of piperidine rings is 1. The van der Waals surface area contributed by atoms with Crippen LogP contribution < -0.4 is 15.5 Å². The first-order valence-corrected chi connectivity index (χ1v) is 9.90. The normalized spacial score (nSPS) is 22.0. The summed E-state index contributed by atoms with van der Waals surface area (Å²) in [6, 6.07) is 5.61. The minimum absolute atomic E-state index is 0.0546. The number of hydrogen-bond acceptors (Lipinski definition) is 3. The average Bonchev–Trinajstić information content (AvgIpc) is 2.68. The molecule has 5 heteroatoms. The molecule has 2 amide bonds. The number of amides is 2. The second-order valence-electron chi connectivity index (χ2n) is 7.54. The van der Waals surface area contributed by atoms with Gasteiger partial charge in [0.15, 0.2) is 0 Å². The van der Waals surface area contributed by atoms with Crippen LogP contribution in [-0.2, 0) is 4.79 Å². The Labute approximate surface area is 154 Å². The summed E-state index contributed by atoms with van der Waals surface area (Å²) in [4.78, 5) is 27.0. The zero-order valence-electron chi connectivity index (χ0n) is 15.2. The van der Waals surface area contributed by atoms with Crippen LogP contribution in [0, 0.1) is 0 Å². The van der Waals surface area contributed by atoms with Crippen molar-refractivity contribution < 1.29 is 9.59 Å². The van der Waals surface area contributed by atoms with Crippen molar-refractivity contribution in [3.63, 3.8) is 0 Å². The van der Waals surface area contributed by atoms with Crippen LogP contribution >= 0.6 is 0 Å². The summed E-state index contributed by atoms with van der Waals surface area (Å²) in [6.45, 7) is 1.58. The second kappa shape index (κ2) is 7.52. The molecular formula is C21H27N3O2. The molecule has 1 aliphatic carbocycles. The molecule has 1 saturated heterocycles. The lowest BCUT2D eigenvalue weighted by Gasteiger charge is -2.41. The lowest BCUT2D eigenvalue weighted by molar-refractivity contribution is -0.118. The van der Waals surface area contributed by atoms with Gasteiger partial charge in [0.05, 0.1) is 11.4 Å². The lowest BCUT2D eigenvalue weighted by atomic mass is 9.96. The van der Waals surface area contributed by atoms with Crippen LogP contribution in [0.3, 0.4) is 0 Å². The maximum absolute atomic E-state index is 12.5. The molecule has 2 aliphatic heterocycles. The molecule has 1 aromatic carbocycles. The molecule has 4 rings (SSSR count). The fourth-order valence-electron chi connectivity index (χ4n) is 4.31. The Morgan fingerprint density at radius 3 is 3.00 bits per heavy atom. The van der Waals surface area contributed by atoms with Gasteiger partial charge in [0.1, 0.15) is 6.04 Å². The summed E-state index contributed by atoms with van der Waals surface area (Å²) in [5, 5.41) is 6.01. The summed E-state index contributed by atoms with van der Waals surface area (Å²) < 4.78 is 0. The minimum atomic E-state index is -0.0702. The highest BCUT2D eigenvalue weighted by atomic mass is 16.2. The van der Waals surface area contributed by atoms with Gasteiger partial charge in [-0.2, -0.15) is 0 Å². The van der Waals surface area contributed by atoms with E-state index in [4.69, 9.17) is 0 Å². The molecule has 26 heavy (non-hydrogen) atoms. The third kappa shape index (κ3) is 3.48. The number of benzene rings is 1. The van der Waals surface area contributed by atoms with Gasteiger partial charge in [-0.15, -0.1) is 0 Å². The van der Waals surface area contributed by atoms with E-state index in [9.17, 15) is 9.59 Å². The fraction of sp³-hybridized carbons (Fsp3) is 0.524. The molecule has 0 radical (unpaired) electrons. The first kappa shape index (κ1) is 17.1. The summed E-state index contributed by atoms with van der Waals surface area (Å²) in [7, 11) is 0. The highest BCUT2D eigenvalue weighted by Crippen LogP contribution is 2.36. The predicted molar refractivity (Wildman–Crippen MR) is 104 cm³/mol. The van der Waals surface area contributed by atoms with Gasteiger partial charge in [-0.1, -0.05) is 11.6 Å². The molecule has 0 unspecified atom stereocenters. The first-order valence-electron chi connectivity index (χ1n) is 9.90. The Balaban J connectivity index is 1.42. The number of allylic oxidation sites excluding steroid dienone is 1. The molecule has 0 bridgehead atoms. The number of rotatable bonds is 4. The zero-order valence-corrected chi connectivity index (χ0v) is 15.2. The summed E-state index contributed by atoms with van der Waals surface area (Å²) in [6.07, 6.45) is 11.3. The minimum Gasteiger partial charge on any atom is -0.358 e. The van der Waals surface area contributed by atoms with Crippen LogP contribution in [-0.4, -0.2) is 30.9 Å². The molecule has 5 nitrogen and oxygen atoms in total. The van der Waals surface area contributed by atoms with Crippen LogP contribution in [0.1, 0.15) is 61.7 Å². The molecule has 0 aromatic heterocycles. The predicted octanol–water partition coefficient (Wildman–Crippen LogP) is 3.62. The molecule has 138 valence electrons. The second-order valence-corrected chi connectivity index (χ2v) is 7.54. The van der Waals surface area contributed by atoms with Crippen molar-refractivity contribution in [2.24, 2.45) is 0 Å². The molecule has 3 aliphatic rings. The molecule has 2 heterocycles. The van der Waals surface area contributed by atoms with E-state index in [0.29, 0.717) is 12.1 Å². The Hall–Kier alpha value is -2.30. The van der Waals surface area contributed by atoms with E-state index in [1.54, 1.807) is 0 Å². The summed E-state index contributed by atoms with van der Waals surface area (Å²) in [5.74, 6) is -0.0155. The monoisotopic (exact) mass is 353 g/mol. The van der Waals surface area contributed by atoms with Gasteiger partial charge in [-0.25, -0.2) is 0 Å². The smallest absolute Gasteiger partial charge is 0.251 e. The number of nitrogens with zero attached hydrogens (tertiary/aromatic N) is 1. The first-order chi connectivity index (χ1) is 12.7. The highest BCUT2D eigenvalue weighted by molar-refractivity contribution is 6.05. The van der Waals surface area contributed by atoms with Crippen molar-refractivity contribution in [3.8, 4) is 0 Å².